The Hall–Kier alpha value is -5.50. The van der Waals surface area contributed by atoms with E-state index in [1.54, 1.807) is 47.4 Å². The average Bonchev–Trinajstić information content (AvgIpc) is 3.41. The van der Waals surface area contributed by atoms with Gasteiger partial charge in [0.15, 0.2) is 0 Å². The zero-order chi connectivity index (χ0) is 26.2. The summed E-state index contributed by atoms with van der Waals surface area (Å²) in [4.78, 5) is 30.6. The number of carbonyl (C=O) groups excluding carboxylic acids is 2. The number of hydrogen-bond donors (Lipinski definition) is 3. The van der Waals surface area contributed by atoms with Crippen molar-refractivity contribution >= 4 is 23.6 Å². The second kappa shape index (κ2) is 11.5. The van der Waals surface area contributed by atoms with Crippen LogP contribution >= 0.6 is 0 Å². The smallest absolute Gasteiger partial charge is 0.286 e. The van der Waals surface area contributed by atoms with Gasteiger partial charge in [-0.2, -0.15) is 5.10 Å². The van der Waals surface area contributed by atoms with Crippen LogP contribution in [0.2, 0.25) is 0 Å². The van der Waals surface area contributed by atoms with Crippen LogP contribution in [0.15, 0.2) is 127 Å². The van der Waals surface area contributed by atoms with Crippen molar-refractivity contribution in [2.45, 2.75) is 0 Å². The first kappa shape index (κ1) is 24.2. The number of hydrogen-bond acceptors (Lipinski definition) is 5. The predicted molar refractivity (Wildman–Crippen MR) is 147 cm³/mol. The quantitative estimate of drug-likeness (QED) is 0.209. The molecule has 0 radical (unpaired) electrons. The molecule has 3 aromatic carbocycles. The molecule has 5 rings (SSSR count). The van der Waals surface area contributed by atoms with Crippen molar-refractivity contribution in [2.24, 2.45) is 0 Å². The molecule has 5 aromatic rings. The second-order valence-electron chi connectivity index (χ2n) is 8.28. The number of rotatable bonds is 8. The number of aromatic nitrogens is 3. The van der Waals surface area contributed by atoms with Gasteiger partial charge in [-0.15, -0.1) is 0 Å². The Morgan fingerprint density at radius 2 is 1.47 bits per heavy atom. The average molecular weight is 501 g/mol. The molecule has 8 heteroatoms. The molecule has 186 valence electrons. The van der Waals surface area contributed by atoms with E-state index >= 15 is 0 Å². The standard InChI is InChI=1S/C30H24N6O2/c37-29(22-11-4-1-5-12-22)32-27(30(38)34-33-25-14-6-2-7-15-25)19-24-21-36(26-16-8-3-9-17-26)35-28(24)23-13-10-18-31-20-23/h1-21,33H,(H,32,37)(H,34,38). The van der Waals surface area contributed by atoms with Crippen LogP contribution in [-0.2, 0) is 4.79 Å². The third kappa shape index (κ3) is 5.83. The van der Waals surface area contributed by atoms with E-state index < -0.39 is 11.8 Å². The lowest BCUT2D eigenvalue weighted by Crippen LogP contribution is -2.37. The largest absolute Gasteiger partial charge is 0.317 e. The molecule has 0 aliphatic heterocycles. The zero-order valence-corrected chi connectivity index (χ0v) is 20.3. The first-order valence-electron chi connectivity index (χ1n) is 11.9. The highest BCUT2D eigenvalue weighted by Gasteiger charge is 2.18. The maximum absolute atomic E-state index is 13.3. The Kier molecular flexibility index (Phi) is 7.32. The third-order valence-electron chi connectivity index (χ3n) is 5.62. The molecule has 8 nitrogen and oxygen atoms in total. The van der Waals surface area contributed by atoms with E-state index in [0.717, 1.165) is 11.3 Å². The number of carbonyl (C=O) groups is 2. The van der Waals surface area contributed by atoms with E-state index in [0.29, 0.717) is 22.5 Å². The molecule has 2 amide bonds. The van der Waals surface area contributed by atoms with Crippen LogP contribution in [0.3, 0.4) is 0 Å². The van der Waals surface area contributed by atoms with Crippen LogP contribution in [0.5, 0.6) is 0 Å². The van der Waals surface area contributed by atoms with Crippen molar-refractivity contribution < 1.29 is 9.59 Å². The molecule has 2 aromatic heterocycles. The Labute approximate surface area is 219 Å². The molecular weight excluding hydrogens is 476 g/mol. The lowest BCUT2D eigenvalue weighted by Gasteiger charge is -2.13. The van der Waals surface area contributed by atoms with Crippen LogP contribution < -0.4 is 16.2 Å². The predicted octanol–water partition coefficient (Wildman–Crippen LogP) is 4.85. The zero-order valence-electron chi connectivity index (χ0n) is 20.3. The molecule has 0 fully saturated rings. The fourth-order valence-electron chi connectivity index (χ4n) is 3.75. The van der Waals surface area contributed by atoms with E-state index in [-0.39, 0.29) is 5.70 Å². The molecule has 2 heterocycles. The maximum Gasteiger partial charge on any atom is 0.286 e. The highest BCUT2D eigenvalue weighted by atomic mass is 16.2. The van der Waals surface area contributed by atoms with Crippen LogP contribution in [0.4, 0.5) is 5.69 Å². The summed E-state index contributed by atoms with van der Waals surface area (Å²) in [5, 5.41) is 7.53. The first-order valence-corrected chi connectivity index (χ1v) is 11.9. The van der Waals surface area contributed by atoms with Crippen molar-refractivity contribution in [3.8, 4) is 16.9 Å². The van der Waals surface area contributed by atoms with Crippen LogP contribution in [0, 0.1) is 0 Å². The van der Waals surface area contributed by atoms with E-state index in [4.69, 9.17) is 5.10 Å². The summed E-state index contributed by atoms with van der Waals surface area (Å²) in [5.74, 6) is -0.937. The number of benzene rings is 3. The number of pyridine rings is 1. The topological polar surface area (TPSA) is 101 Å². The molecule has 0 saturated heterocycles. The lowest BCUT2D eigenvalue weighted by atomic mass is 10.1. The molecule has 0 aliphatic carbocycles. The number of hydrazine groups is 1. The number of amides is 2. The van der Waals surface area contributed by atoms with E-state index in [1.165, 1.54) is 0 Å². The number of nitrogens with zero attached hydrogens (tertiary/aromatic N) is 3. The van der Waals surface area contributed by atoms with Gasteiger partial charge in [-0.3, -0.25) is 25.4 Å². The minimum atomic E-state index is -0.525. The summed E-state index contributed by atoms with van der Waals surface area (Å²) in [6.45, 7) is 0. The number of para-hydroxylation sites is 2. The molecular formula is C30H24N6O2. The Balaban J connectivity index is 1.54. The van der Waals surface area contributed by atoms with Gasteiger partial charge in [0.2, 0.25) is 0 Å². The van der Waals surface area contributed by atoms with Crippen molar-refractivity contribution in [3.63, 3.8) is 0 Å². The summed E-state index contributed by atoms with van der Waals surface area (Å²) >= 11 is 0. The van der Waals surface area contributed by atoms with Crippen molar-refractivity contribution in [1.29, 1.82) is 0 Å². The van der Waals surface area contributed by atoms with Crippen molar-refractivity contribution in [1.82, 2.24) is 25.5 Å². The van der Waals surface area contributed by atoms with Gasteiger partial charge in [-0.1, -0.05) is 54.6 Å². The fourth-order valence-corrected chi connectivity index (χ4v) is 3.75. The van der Waals surface area contributed by atoms with Crippen LogP contribution in [-0.4, -0.2) is 26.6 Å². The van der Waals surface area contributed by atoms with Gasteiger partial charge >= 0.3 is 0 Å². The number of anilines is 1. The molecule has 0 bridgehead atoms. The minimum absolute atomic E-state index is 0.0417. The molecule has 3 N–H and O–H groups in total. The van der Waals surface area contributed by atoms with Crippen LogP contribution in [0.1, 0.15) is 15.9 Å². The molecule has 0 spiro atoms. The molecule has 0 saturated carbocycles. The Morgan fingerprint density at radius 3 is 2.16 bits per heavy atom. The normalized spacial score (nSPS) is 11.0. The van der Waals surface area contributed by atoms with Crippen molar-refractivity contribution in [3.05, 3.63) is 139 Å². The monoisotopic (exact) mass is 500 g/mol. The lowest BCUT2D eigenvalue weighted by molar-refractivity contribution is -0.117. The highest BCUT2D eigenvalue weighted by Crippen LogP contribution is 2.25. The maximum atomic E-state index is 13.3. The highest BCUT2D eigenvalue weighted by molar-refractivity contribution is 6.06. The summed E-state index contributed by atoms with van der Waals surface area (Å²) < 4.78 is 1.73. The summed E-state index contributed by atoms with van der Waals surface area (Å²) in [6.07, 6.45) is 6.80. The summed E-state index contributed by atoms with van der Waals surface area (Å²) in [5.41, 5.74) is 9.56. The van der Waals surface area contributed by atoms with Gasteiger partial charge in [0.05, 0.1) is 11.4 Å². The molecule has 38 heavy (non-hydrogen) atoms. The molecule has 0 aliphatic rings. The molecule has 0 unspecified atom stereocenters. The van der Waals surface area contributed by atoms with Gasteiger partial charge in [0, 0.05) is 35.3 Å². The first-order chi connectivity index (χ1) is 18.7. The van der Waals surface area contributed by atoms with Crippen molar-refractivity contribution in [2.75, 3.05) is 5.43 Å². The van der Waals surface area contributed by atoms with Gasteiger partial charge in [0.25, 0.3) is 11.8 Å². The summed E-state index contributed by atoms with van der Waals surface area (Å²) in [6, 6.07) is 31.3. The Bertz CT molecular complexity index is 1550. The second-order valence-corrected chi connectivity index (χ2v) is 8.28. The van der Waals surface area contributed by atoms with E-state index in [2.05, 4.69) is 21.2 Å². The van der Waals surface area contributed by atoms with Gasteiger partial charge in [0.1, 0.15) is 11.4 Å². The molecule has 0 atom stereocenters. The fraction of sp³-hybridized carbons (Fsp3) is 0. The SMILES string of the molecule is O=C(NNc1ccccc1)C(=Cc1cn(-c2ccccc2)nc1-c1cccnc1)NC(=O)c1ccccc1. The van der Waals surface area contributed by atoms with Gasteiger partial charge in [-0.25, -0.2) is 4.68 Å². The number of nitrogens with one attached hydrogen (secondary N) is 3. The third-order valence-corrected chi connectivity index (χ3v) is 5.62. The van der Waals surface area contributed by atoms with Crippen LogP contribution in [0.25, 0.3) is 23.0 Å². The minimum Gasteiger partial charge on any atom is -0.317 e. The van der Waals surface area contributed by atoms with Gasteiger partial charge < -0.3 is 5.32 Å². The summed E-state index contributed by atoms with van der Waals surface area (Å²) in [7, 11) is 0. The van der Waals surface area contributed by atoms with E-state index in [9.17, 15) is 9.59 Å². The Morgan fingerprint density at radius 1 is 0.789 bits per heavy atom. The van der Waals surface area contributed by atoms with E-state index in [1.807, 2.05) is 85.1 Å². The van der Waals surface area contributed by atoms with Gasteiger partial charge in [-0.05, 0) is 54.6 Å².